The average Bonchev–Trinajstić information content (AvgIpc) is 1.25. The molecule has 124 heavy (non-hydrogen) atoms. The summed E-state index contributed by atoms with van der Waals surface area (Å²) in [6.45, 7) is -3.52. The van der Waals surface area contributed by atoms with Gasteiger partial charge in [-0.3, -0.25) is 112 Å². The lowest BCUT2D eigenvalue weighted by molar-refractivity contribution is -0.0640. The summed E-state index contributed by atoms with van der Waals surface area (Å²) in [6.07, 6.45) is -18.9. The van der Waals surface area contributed by atoms with Gasteiger partial charge < -0.3 is 75.8 Å². The van der Waals surface area contributed by atoms with Crippen LogP contribution in [0.2, 0.25) is 0 Å². The number of carbonyl (C=O) groups is 3. The van der Waals surface area contributed by atoms with Gasteiger partial charge in [0, 0.05) is 96.2 Å². The smallest absolute Gasteiger partial charge is 0.390 e. The molecule has 12 heterocycles. The van der Waals surface area contributed by atoms with Gasteiger partial charge in [0.15, 0.2) is 34.2 Å². The molecule has 2 aromatic carbocycles. The number of nitrogens with zero attached hydrogens (tertiary/aromatic N) is 11. The highest BCUT2D eigenvalue weighted by Crippen LogP contribution is 2.56. The van der Waals surface area contributed by atoms with Crippen LogP contribution >= 0.6 is 39.1 Å². The first-order valence-corrected chi connectivity index (χ1v) is 44.6. The summed E-state index contributed by atoms with van der Waals surface area (Å²) in [5.41, 5.74) is 12.7. The number of anilines is 3. The predicted molar refractivity (Wildman–Crippen MR) is 412 cm³/mol. The first-order chi connectivity index (χ1) is 58.7. The fraction of sp³-hybridized carbons (Fsp3) is 0.439. The van der Waals surface area contributed by atoms with E-state index in [0.29, 0.717) is 0 Å². The predicted octanol–water partition coefficient (Wildman–Crippen LogP) is -0.174. The van der Waals surface area contributed by atoms with E-state index < -0.39 is 254 Å². The maximum absolute atomic E-state index is 14.4. The Hall–Kier alpha value is -9.90. The van der Waals surface area contributed by atoms with Crippen molar-refractivity contribution < 1.29 is 136 Å². The molecule has 58 heteroatoms. The monoisotopic (exact) mass is 1830 g/mol. The van der Waals surface area contributed by atoms with E-state index in [2.05, 4.69) is 50.2 Å². The summed E-state index contributed by atoms with van der Waals surface area (Å²) in [5, 5.41) is 13.3. The molecule has 1 aliphatic carbocycles. The van der Waals surface area contributed by atoms with Crippen LogP contribution in [0.25, 0.3) is 22.3 Å². The third-order valence-electron chi connectivity index (χ3n) is 20.4. The van der Waals surface area contributed by atoms with E-state index in [-0.39, 0.29) is 85.3 Å². The highest BCUT2D eigenvalue weighted by molar-refractivity contribution is 7.48. The standard InChI is InChI=1S/C66H75N18O35P5/c1-29-19-81(65(93)78-59(29)88)47-14-36(85)41(111-47)21-107-121(97,98)118-40-18-51(84-28-74-53-58(84)76-63(69)77-62(53)91)115-45(40)25-110-124(103,104)119-39-17-50(83-27-73-52-56(68)71-26-72-57(52)83)114-44(39)24-109-122(99,100)116-37-15-48(80-11-9-46(67)75-64(80)92)112-43(37)23-108-123(101,102)117-38-16-49(82-20-30(2)60(89)79-66(82)94)113-42(38)22-106-120(95,96)105-12-10-70-61(90)31-7-8-34-35(13-31)55(87)33-6-4-3-5-32(33)54(34)86/h3-9,11,13,19-20,26-28,36-45,47-51,85H,10,12,14-18,21-25H2,1-2H3,(H,70,90)(H,95,96)(H,97,98)(H,99,100)(H,101,102)(H,103,104)(H2,67,75,92)(H2,68,71,72)(H,78,88,93)(H,79,89,94)(H3,69,76,77,91)/t36-,37-,38-,39-,40-,41+,42+,43+,44+,45+,47+,48+,49+,50+,51+/m0/s1. The maximum atomic E-state index is 14.4. The van der Waals surface area contributed by atoms with Crippen LogP contribution in [0, 0.1) is 13.8 Å². The third kappa shape index (κ3) is 19.7. The second kappa shape index (κ2) is 35.5. The number of phosphoric ester groups is 5. The fourth-order valence-electron chi connectivity index (χ4n) is 14.4. The lowest BCUT2D eigenvalue weighted by Crippen LogP contribution is -2.33. The molecule has 5 aliphatic heterocycles. The zero-order chi connectivity index (χ0) is 88.4. The van der Waals surface area contributed by atoms with Crippen LogP contribution in [0.1, 0.15) is 117 Å². The second-order valence-corrected chi connectivity index (χ2v) is 35.8. The molecule has 6 aliphatic rings. The van der Waals surface area contributed by atoms with Gasteiger partial charge in [-0.15, -0.1) is 0 Å². The lowest BCUT2D eigenvalue weighted by Gasteiger charge is -2.26. The van der Waals surface area contributed by atoms with E-state index in [0.717, 1.165) is 38.7 Å². The molecule has 1 amide bonds. The molecule has 5 unspecified atom stereocenters. The Morgan fingerprint density at radius 1 is 0.492 bits per heavy atom. The van der Waals surface area contributed by atoms with Crippen LogP contribution < -0.4 is 56.3 Å². The molecular weight excluding hydrogens is 1760 g/mol. The first kappa shape index (κ1) is 88.9. The maximum Gasteiger partial charge on any atom is 0.472 e. The number of ketones is 2. The van der Waals surface area contributed by atoms with Crippen LogP contribution in [0.5, 0.6) is 0 Å². The van der Waals surface area contributed by atoms with Gasteiger partial charge >= 0.3 is 56.2 Å². The van der Waals surface area contributed by atoms with Crippen molar-refractivity contribution in [3.05, 3.63) is 188 Å². The van der Waals surface area contributed by atoms with Crippen molar-refractivity contribution in [3.8, 4) is 0 Å². The Balaban J connectivity index is 0.614. The van der Waals surface area contributed by atoms with Gasteiger partial charge in [-0.2, -0.15) is 9.97 Å². The molecule has 15 rings (SSSR count). The van der Waals surface area contributed by atoms with E-state index in [1.807, 2.05) is 0 Å². The van der Waals surface area contributed by atoms with Crippen LogP contribution in [0.4, 0.5) is 17.6 Å². The molecule has 16 N–H and O–H groups in total. The molecule has 5 fully saturated rings. The number of benzene rings is 2. The highest BCUT2D eigenvalue weighted by atomic mass is 31.2. The summed E-state index contributed by atoms with van der Waals surface area (Å²) in [7, 11) is -27.3. The number of aliphatic hydroxyl groups excluding tert-OH is 1. The minimum absolute atomic E-state index is 0.00975. The molecule has 664 valence electrons. The topological polar surface area (TPSA) is 738 Å². The number of hydrogen-bond acceptors (Lipinski definition) is 39. The largest absolute Gasteiger partial charge is 0.472 e. The second-order valence-electron chi connectivity index (χ2n) is 28.7. The van der Waals surface area contributed by atoms with Crippen LogP contribution in [0.3, 0.4) is 0 Å². The van der Waals surface area contributed by atoms with E-state index in [4.69, 9.17) is 86.1 Å². The number of aliphatic hydroxyl groups is 1. The number of carbonyl (C=O) groups excluding carboxylic acids is 3. The van der Waals surface area contributed by atoms with Crippen molar-refractivity contribution in [3.63, 3.8) is 0 Å². The average molecular weight is 1840 g/mol. The zero-order valence-electron chi connectivity index (χ0n) is 64.1. The number of hydrogen-bond donors (Lipinski definition) is 13. The Labute approximate surface area is 691 Å². The number of aromatic nitrogens is 14. The molecule has 5 saturated heterocycles. The summed E-state index contributed by atoms with van der Waals surface area (Å²) in [4.78, 5) is 204. The van der Waals surface area contributed by atoms with Crippen molar-refractivity contribution in [1.29, 1.82) is 0 Å². The SMILES string of the molecule is Cc1cn([C@H]2C[C@H](OP(=O)(O)OC[C@H]3O[C@@H](n4ccc(N)nc4=O)C[C@@H]3OP(=O)(O)OC[C@H]3O[C@@H](n4cnc5c(N)ncnc54)C[C@@H]3OP(=O)(O)OC[C@H]3O[C@@H](n4cnc5c(=O)[nH]c(N)nc54)C[C@@H]3OP(=O)(O)OC[C@H]3O[C@@H](n4cc(C)c(=O)[nH]c4=O)C[C@@H]3O)[C@@H](COP(=O)(O)OCCNC(=O)c3ccc4c(c3)C(=O)c3ccccc3C4=O)O2)c(=O)[nH]c1=O. The summed E-state index contributed by atoms with van der Waals surface area (Å²) in [6, 6.07) is 11.2. The third-order valence-corrected chi connectivity index (χ3v) is 25.4. The minimum atomic E-state index is -5.63. The van der Waals surface area contributed by atoms with Crippen molar-refractivity contribution >= 4 is 96.5 Å². The van der Waals surface area contributed by atoms with Crippen LogP contribution in [-0.2, 0) is 91.7 Å². The number of imidazole rings is 2. The number of nitrogens with one attached hydrogen (secondary N) is 4. The van der Waals surface area contributed by atoms with Gasteiger partial charge in [0.25, 0.3) is 22.6 Å². The number of amides is 1. The molecule has 0 radical (unpaired) electrons. The lowest BCUT2D eigenvalue weighted by atomic mass is 9.83. The van der Waals surface area contributed by atoms with Gasteiger partial charge in [0.2, 0.25) is 5.95 Å². The number of nitrogen functional groups attached to an aromatic ring is 3. The summed E-state index contributed by atoms with van der Waals surface area (Å²) in [5.74, 6) is -2.39. The van der Waals surface area contributed by atoms with E-state index in [1.54, 1.807) is 12.1 Å². The Morgan fingerprint density at radius 3 is 1.44 bits per heavy atom. The number of H-pyrrole nitrogens is 3. The van der Waals surface area contributed by atoms with Gasteiger partial charge in [-0.05, 0) is 38.1 Å². The normalized spacial score (nSPS) is 26.9. The molecule has 0 bridgehead atoms. The van der Waals surface area contributed by atoms with E-state index >= 15 is 0 Å². The minimum Gasteiger partial charge on any atom is -0.390 e. The fourth-order valence-corrected chi connectivity index (χ4v) is 19.0. The Bertz CT molecular complexity index is 6320. The molecule has 0 spiro atoms. The molecular formula is C66H75N18O35P5. The van der Waals surface area contributed by atoms with E-state index in [9.17, 15) is 95.5 Å². The van der Waals surface area contributed by atoms with Crippen molar-refractivity contribution in [2.75, 3.05) is 63.4 Å². The molecule has 53 nitrogen and oxygen atoms in total. The van der Waals surface area contributed by atoms with Gasteiger partial charge in [0.1, 0.15) is 104 Å². The van der Waals surface area contributed by atoms with Crippen molar-refractivity contribution in [2.24, 2.45) is 0 Å². The quantitative estimate of drug-likeness (QED) is 0.0187. The number of aryl methyl sites for hydroxylation is 2. The molecule has 20 atom stereocenters. The number of aromatic amines is 3. The Morgan fingerprint density at radius 2 is 0.927 bits per heavy atom. The number of nitrogens with two attached hydrogens (primary N) is 3. The van der Waals surface area contributed by atoms with Crippen LogP contribution in [0.15, 0.2) is 115 Å². The Kier molecular flexibility index (Phi) is 25.5. The number of fused-ring (bicyclic) bond motifs is 4. The summed E-state index contributed by atoms with van der Waals surface area (Å²) >= 11 is 0. The molecule has 9 aromatic rings. The first-order valence-electron chi connectivity index (χ1n) is 37.2. The molecule has 7 aromatic heterocycles. The highest BCUT2D eigenvalue weighted by Gasteiger charge is 2.51. The van der Waals surface area contributed by atoms with E-state index in [1.165, 1.54) is 71.9 Å². The van der Waals surface area contributed by atoms with Gasteiger partial charge in [-0.1, -0.05) is 24.3 Å². The number of ether oxygens (including phenoxy) is 5. The van der Waals surface area contributed by atoms with Crippen molar-refractivity contribution in [2.45, 2.75) is 138 Å². The van der Waals surface area contributed by atoms with Gasteiger partial charge in [0.05, 0.1) is 58.4 Å². The summed E-state index contributed by atoms with van der Waals surface area (Å²) < 4.78 is 160. The van der Waals surface area contributed by atoms with Crippen LogP contribution in [-0.4, -0.2) is 222 Å². The van der Waals surface area contributed by atoms with Gasteiger partial charge in [-0.25, -0.2) is 57.1 Å². The number of rotatable bonds is 33. The zero-order valence-corrected chi connectivity index (χ0v) is 68.6. The number of phosphoric acid groups is 5. The van der Waals surface area contributed by atoms with Crippen molar-refractivity contribution in [1.82, 2.24) is 73.0 Å². The molecule has 0 saturated carbocycles.